The van der Waals surface area contributed by atoms with Crippen LogP contribution in [-0.4, -0.2) is 0 Å². The Morgan fingerprint density at radius 3 is 2.65 bits per heavy atom. The minimum Gasteiger partial charge on any atom is -0.0642 e. The molecule has 0 saturated heterocycles. The Bertz CT molecular complexity index is 500. The highest BCUT2D eigenvalue weighted by Gasteiger charge is 2.39. The lowest BCUT2D eigenvalue weighted by Crippen LogP contribution is -2.22. The number of hydrogen-bond acceptors (Lipinski definition) is 0. The smallest absolute Gasteiger partial charge is 0.0210 e. The van der Waals surface area contributed by atoms with Crippen LogP contribution in [0.25, 0.3) is 11.1 Å². The molecule has 1 aliphatic rings. The molecular formula is C17H16. The van der Waals surface area contributed by atoms with Gasteiger partial charge in [0.2, 0.25) is 0 Å². The van der Waals surface area contributed by atoms with Gasteiger partial charge in [-0.05, 0) is 53.3 Å². The van der Waals surface area contributed by atoms with Crippen molar-refractivity contribution < 1.29 is 0 Å². The van der Waals surface area contributed by atoms with E-state index in [1.165, 1.54) is 22.3 Å². The third-order valence-electron chi connectivity index (χ3n) is 4.23. The summed E-state index contributed by atoms with van der Waals surface area (Å²) in [6.45, 7) is 4.57. The summed E-state index contributed by atoms with van der Waals surface area (Å²) >= 11 is 0. The van der Waals surface area contributed by atoms with Crippen molar-refractivity contribution in [2.75, 3.05) is 0 Å². The van der Waals surface area contributed by atoms with Crippen molar-refractivity contribution in [3.8, 4) is 11.1 Å². The largest absolute Gasteiger partial charge is 0.0642 e. The maximum Gasteiger partial charge on any atom is 0.0210 e. The van der Waals surface area contributed by atoms with Gasteiger partial charge < -0.3 is 0 Å². The van der Waals surface area contributed by atoms with E-state index in [1.54, 1.807) is 0 Å². The Balaban J connectivity index is 2.38. The molecule has 0 atom stereocenters. The fraction of sp³-hybridized carbons (Fsp3) is 0.294. The number of fused-ring (bicyclic) bond motifs is 3. The predicted octanol–water partition coefficient (Wildman–Crippen LogP) is 4.37. The second-order valence-corrected chi connectivity index (χ2v) is 4.72. The summed E-state index contributed by atoms with van der Waals surface area (Å²) in [6, 6.07) is 19.4. The van der Waals surface area contributed by atoms with Gasteiger partial charge in [-0.25, -0.2) is 0 Å². The zero-order chi connectivity index (χ0) is 11.9. The van der Waals surface area contributed by atoms with Crippen LogP contribution in [0, 0.1) is 12.1 Å². The summed E-state index contributed by atoms with van der Waals surface area (Å²) in [5, 5.41) is 0. The number of hydrogen-bond donors (Lipinski definition) is 0. The van der Waals surface area contributed by atoms with Crippen molar-refractivity contribution in [3.05, 3.63) is 59.7 Å². The number of benzene rings is 2. The highest BCUT2D eigenvalue weighted by molar-refractivity contribution is 5.80. The van der Waals surface area contributed by atoms with E-state index in [9.17, 15) is 0 Å². The van der Waals surface area contributed by atoms with E-state index in [0.29, 0.717) is 0 Å². The first-order chi connectivity index (χ1) is 8.33. The zero-order valence-corrected chi connectivity index (χ0v) is 10.4. The zero-order valence-electron chi connectivity index (χ0n) is 10.4. The summed E-state index contributed by atoms with van der Waals surface area (Å²) in [7, 11) is 0. The highest BCUT2D eigenvalue weighted by atomic mass is 14.4. The van der Waals surface area contributed by atoms with Crippen LogP contribution in [0.2, 0.25) is 0 Å². The fourth-order valence-corrected chi connectivity index (χ4v) is 3.27. The molecule has 0 unspecified atom stereocenters. The average molecular weight is 220 g/mol. The van der Waals surface area contributed by atoms with Crippen molar-refractivity contribution in [2.45, 2.75) is 32.1 Å². The summed E-state index contributed by atoms with van der Waals surface area (Å²) in [5.41, 5.74) is 5.70. The second-order valence-electron chi connectivity index (χ2n) is 4.72. The first kappa shape index (κ1) is 10.6. The third kappa shape index (κ3) is 1.24. The van der Waals surface area contributed by atoms with Crippen LogP contribution < -0.4 is 0 Å². The van der Waals surface area contributed by atoms with Crippen LogP contribution in [0.1, 0.15) is 37.8 Å². The van der Waals surface area contributed by atoms with E-state index in [1.807, 2.05) is 12.1 Å². The molecular weight excluding hydrogens is 204 g/mol. The van der Waals surface area contributed by atoms with E-state index in [0.717, 1.165) is 12.8 Å². The van der Waals surface area contributed by atoms with E-state index in [2.05, 4.69) is 50.2 Å². The van der Waals surface area contributed by atoms with Gasteiger partial charge in [0.1, 0.15) is 0 Å². The van der Waals surface area contributed by atoms with Crippen LogP contribution in [0.4, 0.5) is 0 Å². The van der Waals surface area contributed by atoms with E-state index >= 15 is 0 Å². The van der Waals surface area contributed by atoms with Crippen LogP contribution in [0.5, 0.6) is 0 Å². The van der Waals surface area contributed by atoms with Gasteiger partial charge in [0.25, 0.3) is 0 Å². The molecule has 2 aromatic carbocycles. The van der Waals surface area contributed by atoms with E-state index < -0.39 is 0 Å². The van der Waals surface area contributed by atoms with Crippen LogP contribution >= 0.6 is 0 Å². The monoisotopic (exact) mass is 220 g/mol. The molecule has 0 amide bonds. The van der Waals surface area contributed by atoms with Gasteiger partial charge >= 0.3 is 0 Å². The quantitative estimate of drug-likeness (QED) is 0.704. The molecule has 0 fully saturated rings. The average Bonchev–Trinajstić information content (AvgIpc) is 2.70. The predicted molar refractivity (Wildman–Crippen MR) is 70.9 cm³/mol. The SMILES string of the molecule is CCC1(CC)c2ccc[c]c2-c2c[c]ccc21. The molecule has 0 heteroatoms. The first-order valence-corrected chi connectivity index (χ1v) is 6.35. The molecule has 84 valence electrons. The molecule has 2 aromatic rings. The maximum absolute atomic E-state index is 3.41. The lowest BCUT2D eigenvalue weighted by Gasteiger charge is -2.29. The summed E-state index contributed by atoms with van der Waals surface area (Å²) < 4.78 is 0. The standard InChI is InChI=1S/C17H16/c1-3-17(4-2)15-11-7-5-9-13(15)14-10-6-8-12-16(14)17/h5,7-8,10-12H,3-4H2,1-2H3. The van der Waals surface area contributed by atoms with Gasteiger partial charge in [-0.2, -0.15) is 0 Å². The Hall–Kier alpha value is -1.56. The lowest BCUT2D eigenvalue weighted by atomic mass is 9.74. The molecule has 0 aliphatic heterocycles. The van der Waals surface area contributed by atoms with Crippen LogP contribution in [0.15, 0.2) is 36.4 Å². The Kier molecular flexibility index (Phi) is 2.32. The van der Waals surface area contributed by atoms with Gasteiger partial charge in [0.15, 0.2) is 0 Å². The third-order valence-corrected chi connectivity index (χ3v) is 4.23. The topological polar surface area (TPSA) is 0 Å². The van der Waals surface area contributed by atoms with Gasteiger partial charge in [-0.15, -0.1) is 0 Å². The van der Waals surface area contributed by atoms with E-state index in [-0.39, 0.29) is 5.41 Å². The number of rotatable bonds is 2. The van der Waals surface area contributed by atoms with Crippen LogP contribution in [-0.2, 0) is 5.41 Å². The molecule has 0 spiro atoms. The van der Waals surface area contributed by atoms with Crippen molar-refractivity contribution in [2.24, 2.45) is 0 Å². The second kappa shape index (κ2) is 3.73. The summed E-state index contributed by atoms with van der Waals surface area (Å²) in [5.74, 6) is 0. The maximum atomic E-state index is 3.41. The molecule has 2 radical (unpaired) electrons. The Morgan fingerprint density at radius 2 is 1.88 bits per heavy atom. The molecule has 0 heterocycles. The Labute approximate surface area is 103 Å². The molecule has 3 rings (SSSR count). The molecule has 17 heavy (non-hydrogen) atoms. The molecule has 0 aromatic heterocycles. The highest BCUT2D eigenvalue weighted by Crippen LogP contribution is 2.51. The van der Waals surface area contributed by atoms with Crippen molar-refractivity contribution in [1.82, 2.24) is 0 Å². The van der Waals surface area contributed by atoms with Gasteiger partial charge in [-0.3, -0.25) is 0 Å². The molecule has 0 nitrogen and oxygen atoms in total. The van der Waals surface area contributed by atoms with Crippen LogP contribution in [0.3, 0.4) is 0 Å². The van der Waals surface area contributed by atoms with Crippen molar-refractivity contribution in [3.63, 3.8) is 0 Å². The molecule has 0 bridgehead atoms. The Morgan fingerprint density at radius 1 is 1.06 bits per heavy atom. The van der Waals surface area contributed by atoms with Gasteiger partial charge in [0, 0.05) is 5.41 Å². The van der Waals surface area contributed by atoms with Gasteiger partial charge in [0.05, 0.1) is 0 Å². The summed E-state index contributed by atoms with van der Waals surface area (Å²) in [4.78, 5) is 0. The van der Waals surface area contributed by atoms with Crippen molar-refractivity contribution >= 4 is 0 Å². The molecule has 0 N–H and O–H groups in total. The normalized spacial score (nSPS) is 15.4. The minimum absolute atomic E-state index is 0.192. The van der Waals surface area contributed by atoms with Gasteiger partial charge in [-0.1, -0.05) is 44.2 Å². The molecule has 0 saturated carbocycles. The van der Waals surface area contributed by atoms with E-state index in [4.69, 9.17) is 0 Å². The van der Waals surface area contributed by atoms with Crippen molar-refractivity contribution in [1.29, 1.82) is 0 Å². The minimum atomic E-state index is 0.192. The fourth-order valence-electron chi connectivity index (χ4n) is 3.27. The lowest BCUT2D eigenvalue weighted by molar-refractivity contribution is 0.490. The molecule has 1 aliphatic carbocycles. The first-order valence-electron chi connectivity index (χ1n) is 6.35. The summed E-state index contributed by atoms with van der Waals surface area (Å²) in [6.07, 6.45) is 2.29.